The Bertz CT molecular complexity index is 1340. The average molecular weight is 480 g/mol. The number of benzene rings is 2. The maximum Gasteiger partial charge on any atom is 0.258 e. The smallest absolute Gasteiger partial charge is 0.258 e. The molecule has 0 aliphatic rings. The number of furan rings is 1. The molecule has 0 aliphatic heterocycles. The Hall–Kier alpha value is -3.58. The van der Waals surface area contributed by atoms with Crippen molar-refractivity contribution in [3.05, 3.63) is 81.6 Å². The topological polar surface area (TPSA) is 88.4 Å². The van der Waals surface area contributed by atoms with Crippen LogP contribution in [0.2, 0.25) is 5.02 Å². The van der Waals surface area contributed by atoms with Crippen LogP contribution in [0.25, 0.3) is 22.2 Å². The molecule has 0 atom stereocenters. The summed E-state index contributed by atoms with van der Waals surface area (Å²) in [6.07, 6.45) is 1.56. The van der Waals surface area contributed by atoms with Gasteiger partial charge in [-0.05, 0) is 61.0 Å². The number of aromatic amines is 1. The van der Waals surface area contributed by atoms with Crippen molar-refractivity contribution in [1.29, 1.82) is 0 Å². The third-order valence-corrected chi connectivity index (χ3v) is 5.76. The number of aryl methyl sites for hydroxylation is 1. The lowest BCUT2D eigenvalue weighted by molar-refractivity contribution is -0.132. The fraction of sp³-hybridized carbons (Fsp3) is 0.269. The lowest BCUT2D eigenvalue weighted by Crippen LogP contribution is -2.33. The Kier molecular flexibility index (Phi) is 7.33. The highest BCUT2D eigenvalue weighted by atomic mass is 35.5. The standard InChI is InChI=1S/C26H26ClN3O4/c1-3-14-30(16-24-28-22-15-18(27)6-11-21(22)26(32)29-24)25(31)13-10-20-9-12-23(34-20)17-4-7-19(33-2)8-5-17/h4-9,11-12,15H,3,10,13-14,16H2,1-2H3,(H,28,29,32). The Morgan fingerprint density at radius 3 is 2.68 bits per heavy atom. The van der Waals surface area contributed by atoms with Gasteiger partial charge in [0.1, 0.15) is 23.1 Å². The number of hydrogen-bond acceptors (Lipinski definition) is 5. The van der Waals surface area contributed by atoms with Crippen molar-refractivity contribution in [2.45, 2.75) is 32.7 Å². The van der Waals surface area contributed by atoms with Crippen LogP contribution in [0.15, 0.2) is 63.8 Å². The Morgan fingerprint density at radius 2 is 1.94 bits per heavy atom. The predicted octanol–water partition coefficient (Wildman–Crippen LogP) is 5.22. The molecule has 0 aliphatic carbocycles. The number of H-pyrrole nitrogens is 1. The van der Waals surface area contributed by atoms with E-state index in [1.54, 1.807) is 30.2 Å². The first-order valence-electron chi connectivity index (χ1n) is 11.2. The van der Waals surface area contributed by atoms with Crippen molar-refractivity contribution in [2.75, 3.05) is 13.7 Å². The van der Waals surface area contributed by atoms with E-state index in [0.29, 0.717) is 41.1 Å². The van der Waals surface area contributed by atoms with Crippen molar-refractivity contribution < 1.29 is 13.9 Å². The average Bonchev–Trinajstić information content (AvgIpc) is 3.31. The van der Waals surface area contributed by atoms with Gasteiger partial charge in [-0.3, -0.25) is 9.59 Å². The summed E-state index contributed by atoms with van der Waals surface area (Å²) in [7, 11) is 1.63. The maximum absolute atomic E-state index is 13.0. The van der Waals surface area contributed by atoms with Gasteiger partial charge in [0.15, 0.2) is 0 Å². The van der Waals surface area contributed by atoms with Crippen LogP contribution in [0.1, 0.15) is 31.4 Å². The van der Waals surface area contributed by atoms with E-state index in [9.17, 15) is 9.59 Å². The molecule has 0 spiro atoms. The third kappa shape index (κ3) is 5.48. The molecule has 2 heterocycles. The van der Waals surface area contributed by atoms with Gasteiger partial charge in [-0.1, -0.05) is 18.5 Å². The molecule has 0 radical (unpaired) electrons. The SMILES string of the molecule is CCCN(Cc1nc2cc(Cl)ccc2c(=O)[nH]1)C(=O)CCc1ccc(-c2ccc(OC)cc2)o1. The lowest BCUT2D eigenvalue weighted by Gasteiger charge is -2.21. The normalized spacial score (nSPS) is 11.0. The molecule has 0 bridgehead atoms. The van der Waals surface area contributed by atoms with Crippen LogP contribution in [0.4, 0.5) is 0 Å². The molecule has 7 nitrogen and oxygen atoms in total. The van der Waals surface area contributed by atoms with Crippen molar-refractivity contribution in [3.8, 4) is 17.1 Å². The molecule has 0 saturated heterocycles. The second-order valence-electron chi connectivity index (χ2n) is 7.98. The molecule has 1 amide bonds. The number of halogens is 1. The predicted molar refractivity (Wildman–Crippen MR) is 132 cm³/mol. The second-order valence-corrected chi connectivity index (χ2v) is 8.42. The fourth-order valence-electron chi connectivity index (χ4n) is 3.79. The first-order valence-corrected chi connectivity index (χ1v) is 11.5. The highest BCUT2D eigenvalue weighted by Gasteiger charge is 2.16. The summed E-state index contributed by atoms with van der Waals surface area (Å²) in [5.74, 6) is 2.66. The molecule has 2 aromatic carbocycles. The van der Waals surface area contributed by atoms with Crippen LogP contribution in [0.5, 0.6) is 5.75 Å². The minimum Gasteiger partial charge on any atom is -0.497 e. The number of aromatic nitrogens is 2. The van der Waals surface area contributed by atoms with Crippen LogP contribution in [-0.2, 0) is 17.8 Å². The van der Waals surface area contributed by atoms with E-state index < -0.39 is 0 Å². The molecular formula is C26H26ClN3O4. The van der Waals surface area contributed by atoms with Crippen molar-refractivity contribution in [3.63, 3.8) is 0 Å². The highest BCUT2D eigenvalue weighted by molar-refractivity contribution is 6.31. The monoisotopic (exact) mass is 479 g/mol. The Labute approximate surface area is 202 Å². The van der Waals surface area contributed by atoms with Gasteiger partial charge in [-0.25, -0.2) is 4.98 Å². The van der Waals surface area contributed by atoms with Gasteiger partial charge >= 0.3 is 0 Å². The van der Waals surface area contributed by atoms with E-state index in [4.69, 9.17) is 20.8 Å². The molecular weight excluding hydrogens is 454 g/mol. The molecule has 4 aromatic rings. The van der Waals surface area contributed by atoms with Gasteiger partial charge in [0.2, 0.25) is 5.91 Å². The first-order chi connectivity index (χ1) is 16.5. The van der Waals surface area contributed by atoms with E-state index in [0.717, 1.165) is 29.3 Å². The number of nitrogens with zero attached hydrogens (tertiary/aromatic N) is 2. The first kappa shape index (κ1) is 23.6. The summed E-state index contributed by atoms with van der Waals surface area (Å²) in [4.78, 5) is 34.4. The quantitative estimate of drug-likeness (QED) is 0.355. The number of amides is 1. The van der Waals surface area contributed by atoms with Crippen LogP contribution >= 0.6 is 11.6 Å². The summed E-state index contributed by atoms with van der Waals surface area (Å²) < 4.78 is 11.1. The van der Waals surface area contributed by atoms with Gasteiger partial charge in [0.05, 0.1) is 24.6 Å². The van der Waals surface area contributed by atoms with E-state index in [2.05, 4.69) is 9.97 Å². The molecule has 0 fully saturated rings. The molecule has 0 unspecified atom stereocenters. The Balaban J connectivity index is 1.43. The molecule has 176 valence electrons. The number of fused-ring (bicyclic) bond motifs is 1. The highest BCUT2D eigenvalue weighted by Crippen LogP contribution is 2.25. The fourth-order valence-corrected chi connectivity index (χ4v) is 3.96. The summed E-state index contributed by atoms with van der Waals surface area (Å²) in [5, 5.41) is 0.970. The van der Waals surface area contributed by atoms with Crippen molar-refractivity contribution in [1.82, 2.24) is 14.9 Å². The van der Waals surface area contributed by atoms with E-state index in [-0.39, 0.29) is 18.0 Å². The van der Waals surface area contributed by atoms with Crippen molar-refractivity contribution in [2.24, 2.45) is 0 Å². The number of carbonyl (C=O) groups is 1. The number of methoxy groups -OCH3 is 1. The largest absolute Gasteiger partial charge is 0.497 e. The molecule has 8 heteroatoms. The van der Waals surface area contributed by atoms with Gasteiger partial charge in [0, 0.05) is 30.0 Å². The van der Waals surface area contributed by atoms with Gasteiger partial charge in [-0.15, -0.1) is 0 Å². The zero-order valence-corrected chi connectivity index (χ0v) is 19.9. The third-order valence-electron chi connectivity index (χ3n) is 5.53. The summed E-state index contributed by atoms with van der Waals surface area (Å²) >= 11 is 6.05. The molecule has 2 aromatic heterocycles. The van der Waals surface area contributed by atoms with Gasteiger partial charge in [0.25, 0.3) is 5.56 Å². The van der Waals surface area contributed by atoms with E-state index >= 15 is 0 Å². The number of hydrogen-bond donors (Lipinski definition) is 1. The van der Waals surface area contributed by atoms with Crippen LogP contribution in [-0.4, -0.2) is 34.4 Å². The number of nitrogens with one attached hydrogen (secondary N) is 1. The number of rotatable bonds is 9. The molecule has 34 heavy (non-hydrogen) atoms. The summed E-state index contributed by atoms with van der Waals surface area (Å²) in [6.45, 7) is 2.79. The van der Waals surface area contributed by atoms with Crippen LogP contribution < -0.4 is 10.3 Å². The zero-order chi connectivity index (χ0) is 24.1. The summed E-state index contributed by atoms with van der Waals surface area (Å²) in [5.41, 5.74) is 1.21. The summed E-state index contributed by atoms with van der Waals surface area (Å²) in [6, 6.07) is 16.4. The zero-order valence-electron chi connectivity index (χ0n) is 19.1. The van der Waals surface area contributed by atoms with Crippen LogP contribution in [0.3, 0.4) is 0 Å². The van der Waals surface area contributed by atoms with Gasteiger partial charge < -0.3 is 19.0 Å². The van der Waals surface area contributed by atoms with Crippen LogP contribution in [0, 0.1) is 0 Å². The minimum atomic E-state index is -0.248. The van der Waals surface area contributed by atoms with E-state index in [1.807, 2.05) is 43.3 Å². The maximum atomic E-state index is 13.0. The second kappa shape index (κ2) is 10.6. The van der Waals surface area contributed by atoms with E-state index in [1.165, 1.54) is 0 Å². The van der Waals surface area contributed by atoms with Gasteiger partial charge in [-0.2, -0.15) is 0 Å². The number of carbonyl (C=O) groups excluding carboxylic acids is 1. The Morgan fingerprint density at radius 1 is 1.15 bits per heavy atom. The molecule has 0 saturated carbocycles. The lowest BCUT2D eigenvalue weighted by atomic mass is 10.2. The minimum absolute atomic E-state index is 0.0295. The number of ether oxygens (including phenoxy) is 1. The van der Waals surface area contributed by atoms with Crippen molar-refractivity contribution >= 4 is 28.4 Å². The molecule has 1 N–H and O–H groups in total. The molecule has 4 rings (SSSR count).